The lowest BCUT2D eigenvalue weighted by atomic mass is 10.1. The van der Waals surface area contributed by atoms with Crippen LogP contribution < -0.4 is 0 Å². The van der Waals surface area contributed by atoms with E-state index in [1.807, 2.05) is 23.1 Å². The van der Waals surface area contributed by atoms with Crippen LogP contribution in [0.5, 0.6) is 0 Å². The highest BCUT2D eigenvalue weighted by Gasteiger charge is 2.20. The van der Waals surface area contributed by atoms with E-state index >= 15 is 0 Å². The average Bonchev–Trinajstić information content (AvgIpc) is 3.21. The molecule has 30 heavy (non-hydrogen) atoms. The van der Waals surface area contributed by atoms with E-state index in [1.165, 1.54) is 22.9 Å². The molecule has 0 unspecified atom stereocenters. The van der Waals surface area contributed by atoms with Crippen molar-refractivity contribution in [1.82, 2.24) is 19.7 Å². The minimum Gasteiger partial charge on any atom is -0.378 e. The Bertz CT molecular complexity index is 967. The van der Waals surface area contributed by atoms with Gasteiger partial charge in [-0.25, -0.2) is 0 Å². The van der Waals surface area contributed by atoms with Gasteiger partial charge in [-0.15, -0.1) is 10.2 Å². The summed E-state index contributed by atoms with van der Waals surface area (Å²) in [5, 5.41) is 9.64. The van der Waals surface area contributed by atoms with Crippen molar-refractivity contribution in [3.8, 4) is 5.69 Å². The molecule has 1 amide bonds. The predicted octanol–water partition coefficient (Wildman–Crippen LogP) is 3.37. The number of hydrogen-bond donors (Lipinski definition) is 0. The Labute approximate surface area is 181 Å². The Kier molecular flexibility index (Phi) is 6.81. The van der Waals surface area contributed by atoms with Gasteiger partial charge in [0.15, 0.2) is 5.16 Å². The van der Waals surface area contributed by atoms with Crippen LogP contribution in [0.3, 0.4) is 0 Å². The maximum absolute atomic E-state index is 12.6. The van der Waals surface area contributed by atoms with Crippen LogP contribution in [0.1, 0.15) is 23.9 Å². The van der Waals surface area contributed by atoms with E-state index in [1.54, 1.807) is 0 Å². The van der Waals surface area contributed by atoms with E-state index < -0.39 is 0 Å². The minimum absolute atomic E-state index is 0.115. The van der Waals surface area contributed by atoms with Crippen molar-refractivity contribution in [1.29, 1.82) is 0 Å². The largest absolute Gasteiger partial charge is 0.378 e. The second-order valence-electron chi connectivity index (χ2n) is 7.20. The summed E-state index contributed by atoms with van der Waals surface area (Å²) in [7, 11) is 0. The number of amides is 1. The molecule has 2 aromatic carbocycles. The van der Waals surface area contributed by atoms with Crippen molar-refractivity contribution >= 4 is 17.7 Å². The quantitative estimate of drug-likeness (QED) is 0.547. The zero-order chi connectivity index (χ0) is 20.8. The molecule has 6 nitrogen and oxygen atoms in total. The molecule has 0 spiro atoms. The standard InChI is InChI=1S/C23H26N4O2S/c1-2-18-8-10-20(11-9-18)27-21(16-19-6-4-3-5-7-19)24-25-23(27)30-17-22(28)26-12-14-29-15-13-26/h3-11H,2,12-17H2,1H3. The van der Waals surface area contributed by atoms with Crippen LogP contribution in [-0.2, 0) is 22.4 Å². The number of carbonyl (C=O) groups is 1. The van der Waals surface area contributed by atoms with Gasteiger partial charge in [-0.05, 0) is 29.7 Å². The lowest BCUT2D eigenvalue weighted by Crippen LogP contribution is -2.41. The molecule has 0 radical (unpaired) electrons. The predicted molar refractivity (Wildman–Crippen MR) is 118 cm³/mol. The van der Waals surface area contributed by atoms with Crippen LogP contribution >= 0.6 is 11.8 Å². The topological polar surface area (TPSA) is 60.2 Å². The molecule has 1 aliphatic rings. The summed E-state index contributed by atoms with van der Waals surface area (Å²) in [4.78, 5) is 14.5. The number of morpholine rings is 1. The number of ether oxygens (including phenoxy) is 1. The first-order chi connectivity index (χ1) is 14.7. The lowest BCUT2D eigenvalue weighted by Gasteiger charge is -2.26. The van der Waals surface area contributed by atoms with Crippen LogP contribution in [0.4, 0.5) is 0 Å². The Hall–Kier alpha value is -2.64. The summed E-state index contributed by atoms with van der Waals surface area (Å²) in [5.41, 5.74) is 3.48. The fourth-order valence-corrected chi connectivity index (χ4v) is 4.33. The second-order valence-corrected chi connectivity index (χ2v) is 8.14. The van der Waals surface area contributed by atoms with Crippen molar-refractivity contribution in [2.75, 3.05) is 32.1 Å². The average molecular weight is 423 g/mol. The SMILES string of the molecule is CCc1ccc(-n2c(Cc3ccccc3)nnc2SCC(=O)N2CCOCC2)cc1. The van der Waals surface area contributed by atoms with E-state index in [-0.39, 0.29) is 5.91 Å². The highest BCUT2D eigenvalue weighted by atomic mass is 32.2. The molecular weight excluding hydrogens is 396 g/mol. The van der Waals surface area contributed by atoms with Gasteiger partial charge >= 0.3 is 0 Å². The number of aryl methyl sites for hydroxylation is 1. The Balaban J connectivity index is 1.58. The van der Waals surface area contributed by atoms with Crippen LogP contribution in [0.15, 0.2) is 59.8 Å². The van der Waals surface area contributed by atoms with Gasteiger partial charge in [0.2, 0.25) is 5.91 Å². The molecule has 156 valence electrons. The van der Waals surface area contributed by atoms with Crippen LogP contribution in [0.25, 0.3) is 5.69 Å². The monoisotopic (exact) mass is 422 g/mol. The van der Waals surface area contributed by atoms with Crippen LogP contribution in [0, 0.1) is 0 Å². The highest BCUT2D eigenvalue weighted by Crippen LogP contribution is 2.24. The fraction of sp³-hybridized carbons (Fsp3) is 0.348. The third kappa shape index (κ3) is 4.91. The summed E-state index contributed by atoms with van der Waals surface area (Å²) in [6.07, 6.45) is 1.68. The van der Waals surface area contributed by atoms with Crippen molar-refractivity contribution in [3.05, 3.63) is 71.5 Å². The lowest BCUT2D eigenvalue weighted by molar-refractivity contribution is -0.132. The molecule has 1 saturated heterocycles. The van der Waals surface area contributed by atoms with Gasteiger partial charge in [-0.3, -0.25) is 9.36 Å². The zero-order valence-electron chi connectivity index (χ0n) is 17.2. The van der Waals surface area contributed by atoms with E-state index in [0.29, 0.717) is 38.5 Å². The van der Waals surface area contributed by atoms with Gasteiger partial charge in [-0.2, -0.15) is 0 Å². The van der Waals surface area contributed by atoms with Crippen molar-refractivity contribution in [3.63, 3.8) is 0 Å². The Morgan fingerprint density at radius 1 is 1.00 bits per heavy atom. The van der Waals surface area contributed by atoms with Gasteiger partial charge in [0.25, 0.3) is 0 Å². The molecule has 0 aliphatic carbocycles. The molecule has 0 atom stereocenters. The van der Waals surface area contributed by atoms with Crippen LogP contribution in [-0.4, -0.2) is 57.6 Å². The molecule has 1 aromatic heterocycles. The summed E-state index contributed by atoms with van der Waals surface area (Å²) in [5.74, 6) is 1.33. The molecule has 0 N–H and O–H groups in total. The van der Waals surface area contributed by atoms with Crippen molar-refractivity contribution < 1.29 is 9.53 Å². The first-order valence-corrected chi connectivity index (χ1v) is 11.3. The number of benzene rings is 2. The molecule has 1 aliphatic heterocycles. The van der Waals surface area contributed by atoms with Gasteiger partial charge in [0.1, 0.15) is 5.82 Å². The summed E-state index contributed by atoms with van der Waals surface area (Å²) >= 11 is 1.44. The van der Waals surface area contributed by atoms with Gasteiger partial charge in [0, 0.05) is 25.2 Å². The van der Waals surface area contributed by atoms with E-state index in [4.69, 9.17) is 4.74 Å². The van der Waals surface area contributed by atoms with Crippen molar-refractivity contribution in [2.45, 2.75) is 24.9 Å². The first-order valence-electron chi connectivity index (χ1n) is 10.3. The number of hydrogen-bond acceptors (Lipinski definition) is 5. The Morgan fingerprint density at radius 3 is 2.43 bits per heavy atom. The van der Waals surface area contributed by atoms with Crippen molar-refractivity contribution in [2.24, 2.45) is 0 Å². The van der Waals surface area contributed by atoms with E-state index in [9.17, 15) is 4.79 Å². The number of carbonyl (C=O) groups excluding carboxylic acids is 1. The third-order valence-corrected chi connectivity index (χ3v) is 6.11. The number of aromatic nitrogens is 3. The van der Waals surface area contributed by atoms with Gasteiger partial charge in [-0.1, -0.05) is 61.2 Å². The summed E-state index contributed by atoms with van der Waals surface area (Å²) < 4.78 is 7.41. The zero-order valence-corrected chi connectivity index (χ0v) is 18.0. The smallest absolute Gasteiger partial charge is 0.233 e. The molecule has 4 rings (SSSR count). The van der Waals surface area contributed by atoms with E-state index in [0.717, 1.165) is 23.1 Å². The molecule has 0 saturated carbocycles. The fourth-order valence-electron chi connectivity index (χ4n) is 3.46. The molecule has 7 heteroatoms. The Morgan fingerprint density at radius 2 is 1.73 bits per heavy atom. The molecular formula is C23H26N4O2S. The molecule has 1 fully saturated rings. The maximum Gasteiger partial charge on any atom is 0.233 e. The minimum atomic E-state index is 0.115. The van der Waals surface area contributed by atoms with E-state index in [2.05, 4.69) is 58.1 Å². The third-order valence-electron chi connectivity index (χ3n) is 5.20. The first kappa shape index (κ1) is 20.6. The van der Waals surface area contributed by atoms with Gasteiger partial charge in [0.05, 0.1) is 19.0 Å². The van der Waals surface area contributed by atoms with Crippen LogP contribution in [0.2, 0.25) is 0 Å². The second kappa shape index (κ2) is 9.91. The molecule has 2 heterocycles. The highest BCUT2D eigenvalue weighted by molar-refractivity contribution is 7.99. The normalized spacial score (nSPS) is 14.1. The maximum atomic E-state index is 12.6. The van der Waals surface area contributed by atoms with Gasteiger partial charge < -0.3 is 9.64 Å². The number of thioether (sulfide) groups is 1. The number of rotatable bonds is 7. The summed E-state index contributed by atoms with van der Waals surface area (Å²) in [6.45, 7) is 4.68. The molecule has 3 aromatic rings. The summed E-state index contributed by atoms with van der Waals surface area (Å²) in [6, 6.07) is 18.7. The molecule has 0 bridgehead atoms. The number of nitrogens with zero attached hydrogens (tertiary/aromatic N) is 4.